The third-order valence-electron chi connectivity index (χ3n) is 4.05. The molecular weight excluding hydrogens is 304 g/mol. The summed E-state index contributed by atoms with van der Waals surface area (Å²) in [6, 6.07) is 7.81. The first-order valence-electron chi connectivity index (χ1n) is 8.01. The molecule has 24 heavy (non-hydrogen) atoms. The zero-order valence-electron chi connectivity index (χ0n) is 14.4. The molecular formula is C17H22N6O. The Balaban J connectivity index is 1.65. The van der Waals surface area contributed by atoms with Crippen LogP contribution in [0.5, 0.6) is 0 Å². The van der Waals surface area contributed by atoms with Crippen LogP contribution in [0.3, 0.4) is 0 Å². The highest BCUT2D eigenvalue weighted by molar-refractivity contribution is 5.77. The SMILES string of the molecule is Cc1nc(C)n(C(C)CC(=O)N(C)Cc2nc3ccccc3[nH]2)n1. The van der Waals surface area contributed by atoms with Gasteiger partial charge in [-0.1, -0.05) is 12.1 Å². The molecule has 1 unspecified atom stereocenters. The van der Waals surface area contributed by atoms with E-state index in [1.165, 1.54) is 0 Å². The average molecular weight is 326 g/mol. The van der Waals surface area contributed by atoms with Crippen LogP contribution < -0.4 is 0 Å². The number of rotatable bonds is 5. The van der Waals surface area contributed by atoms with Crippen molar-refractivity contribution in [3.63, 3.8) is 0 Å². The Morgan fingerprint density at radius 3 is 2.71 bits per heavy atom. The minimum Gasteiger partial charge on any atom is -0.340 e. The van der Waals surface area contributed by atoms with Gasteiger partial charge in [-0.05, 0) is 32.9 Å². The molecule has 2 aromatic heterocycles. The fourth-order valence-corrected chi connectivity index (χ4v) is 2.84. The molecule has 3 aromatic rings. The molecule has 1 N–H and O–H groups in total. The van der Waals surface area contributed by atoms with Crippen molar-refractivity contribution in [3.05, 3.63) is 41.7 Å². The highest BCUT2D eigenvalue weighted by atomic mass is 16.2. The summed E-state index contributed by atoms with van der Waals surface area (Å²) in [6.07, 6.45) is 0.375. The molecule has 0 fully saturated rings. The maximum Gasteiger partial charge on any atom is 0.224 e. The molecule has 2 heterocycles. The summed E-state index contributed by atoms with van der Waals surface area (Å²) >= 11 is 0. The van der Waals surface area contributed by atoms with Crippen molar-refractivity contribution in [2.45, 2.75) is 39.8 Å². The number of carbonyl (C=O) groups is 1. The number of aromatic nitrogens is 5. The Kier molecular flexibility index (Phi) is 4.33. The summed E-state index contributed by atoms with van der Waals surface area (Å²) in [5.74, 6) is 2.39. The third kappa shape index (κ3) is 3.29. The number of para-hydroxylation sites is 2. The molecule has 0 radical (unpaired) electrons. The monoisotopic (exact) mass is 326 g/mol. The zero-order chi connectivity index (χ0) is 17.3. The van der Waals surface area contributed by atoms with Crippen LogP contribution in [0.2, 0.25) is 0 Å². The van der Waals surface area contributed by atoms with Crippen molar-refractivity contribution >= 4 is 16.9 Å². The number of carbonyl (C=O) groups excluding carboxylic acids is 1. The van der Waals surface area contributed by atoms with Crippen molar-refractivity contribution in [1.82, 2.24) is 29.6 Å². The highest BCUT2D eigenvalue weighted by Crippen LogP contribution is 2.15. The van der Waals surface area contributed by atoms with Gasteiger partial charge in [0, 0.05) is 13.5 Å². The van der Waals surface area contributed by atoms with Crippen molar-refractivity contribution in [1.29, 1.82) is 0 Å². The fraction of sp³-hybridized carbons (Fsp3) is 0.412. The summed E-state index contributed by atoms with van der Waals surface area (Å²) in [5, 5.41) is 4.35. The van der Waals surface area contributed by atoms with Gasteiger partial charge in [0.05, 0.1) is 23.6 Å². The number of nitrogens with one attached hydrogen (secondary N) is 1. The quantitative estimate of drug-likeness (QED) is 0.780. The smallest absolute Gasteiger partial charge is 0.224 e. The number of hydrogen-bond acceptors (Lipinski definition) is 4. The largest absolute Gasteiger partial charge is 0.340 e. The first kappa shape index (κ1) is 16.2. The topological polar surface area (TPSA) is 79.7 Å². The molecule has 1 atom stereocenters. The standard InChI is InChI=1S/C17H22N6O/c1-11(23-13(3)18-12(2)21-23)9-17(24)22(4)10-16-19-14-7-5-6-8-15(14)20-16/h5-8,11H,9-10H2,1-4H3,(H,19,20). The van der Waals surface area contributed by atoms with Gasteiger partial charge in [-0.3, -0.25) is 4.79 Å². The molecule has 0 aliphatic heterocycles. The number of fused-ring (bicyclic) bond motifs is 1. The number of imidazole rings is 1. The minimum absolute atomic E-state index is 0.0307. The summed E-state index contributed by atoms with van der Waals surface area (Å²) in [6.45, 7) is 6.19. The number of benzene rings is 1. The lowest BCUT2D eigenvalue weighted by Gasteiger charge is -2.19. The Morgan fingerprint density at radius 1 is 1.29 bits per heavy atom. The van der Waals surface area contributed by atoms with Gasteiger partial charge < -0.3 is 9.88 Å². The molecule has 1 amide bonds. The van der Waals surface area contributed by atoms with Crippen molar-refractivity contribution in [2.24, 2.45) is 0 Å². The van der Waals surface area contributed by atoms with Crippen LogP contribution in [-0.2, 0) is 11.3 Å². The average Bonchev–Trinajstić information content (AvgIpc) is 3.08. The van der Waals surface area contributed by atoms with E-state index in [1.807, 2.05) is 49.7 Å². The number of nitrogens with zero attached hydrogens (tertiary/aromatic N) is 5. The van der Waals surface area contributed by atoms with Crippen LogP contribution in [0.15, 0.2) is 24.3 Å². The first-order chi connectivity index (χ1) is 11.4. The van der Waals surface area contributed by atoms with E-state index in [-0.39, 0.29) is 11.9 Å². The van der Waals surface area contributed by atoms with Crippen LogP contribution in [0.4, 0.5) is 0 Å². The van der Waals surface area contributed by atoms with Crippen molar-refractivity contribution in [3.8, 4) is 0 Å². The van der Waals surface area contributed by atoms with E-state index in [1.54, 1.807) is 11.9 Å². The minimum atomic E-state index is -0.0307. The second-order valence-electron chi connectivity index (χ2n) is 6.15. The number of H-pyrrole nitrogens is 1. The molecule has 7 heteroatoms. The Labute approximate surface area is 140 Å². The van der Waals surface area contributed by atoms with E-state index >= 15 is 0 Å². The summed E-state index contributed by atoms with van der Waals surface area (Å²) in [7, 11) is 1.79. The highest BCUT2D eigenvalue weighted by Gasteiger charge is 2.18. The third-order valence-corrected chi connectivity index (χ3v) is 4.05. The number of aryl methyl sites for hydroxylation is 2. The summed E-state index contributed by atoms with van der Waals surface area (Å²) < 4.78 is 1.81. The van der Waals surface area contributed by atoms with Gasteiger partial charge in [0.2, 0.25) is 5.91 Å². The number of amides is 1. The molecule has 0 saturated carbocycles. The van der Waals surface area contributed by atoms with Gasteiger partial charge in [-0.15, -0.1) is 0 Å². The van der Waals surface area contributed by atoms with E-state index in [2.05, 4.69) is 20.1 Å². The zero-order valence-corrected chi connectivity index (χ0v) is 14.4. The lowest BCUT2D eigenvalue weighted by atomic mass is 10.2. The maximum absolute atomic E-state index is 12.5. The molecule has 0 spiro atoms. The van der Waals surface area contributed by atoms with Gasteiger partial charge >= 0.3 is 0 Å². The Morgan fingerprint density at radius 2 is 2.04 bits per heavy atom. The predicted octanol–water partition coefficient (Wildman–Crippen LogP) is 2.38. The lowest BCUT2D eigenvalue weighted by Crippen LogP contribution is -2.29. The van der Waals surface area contributed by atoms with Gasteiger partial charge in [-0.2, -0.15) is 5.10 Å². The second kappa shape index (κ2) is 6.43. The normalized spacial score (nSPS) is 12.5. The van der Waals surface area contributed by atoms with Gasteiger partial charge in [0.15, 0.2) is 0 Å². The Hall–Kier alpha value is -2.70. The van der Waals surface area contributed by atoms with Gasteiger partial charge in [0.25, 0.3) is 0 Å². The van der Waals surface area contributed by atoms with E-state index in [0.717, 1.165) is 28.5 Å². The molecule has 0 saturated heterocycles. The van der Waals surface area contributed by atoms with Crippen LogP contribution in [-0.4, -0.2) is 42.6 Å². The molecule has 0 bridgehead atoms. The van der Waals surface area contributed by atoms with Crippen LogP contribution in [0.25, 0.3) is 11.0 Å². The van der Waals surface area contributed by atoms with E-state index in [9.17, 15) is 4.79 Å². The van der Waals surface area contributed by atoms with Crippen LogP contribution in [0, 0.1) is 13.8 Å². The molecule has 3 rings (SSSR count). The number of hydrogen-bond donors (Lipinski definition) is 1. The number of aromatic amines is 1. The van der Waals surface area contributed by atoms with Gasteiger partial charge in [0.1, 0.15) is 17.5 Å². The van der Waals surface area contributed by atoms with E-state index in [0.29, 0.717) is 13.0 Å². The van der Waals surface area contributed by atoms with Crippen LogP contribution in [0.1, 0.15) is 36.9 Å². The second-order valence-corrected chi connectivity index (χ2v) is 6.15. The Bertz CT molecular complexity index is 832. The predicted molar refractivity (Wildman–Crippen MR) is 91.4 cm³/mol. The van der Waals surface area contributed by atoms with Crippen LogP contribution >= 0.6 is 0 Å². The molecule has 1 aromatic carbocycles. The van der Waals surface area contributed by atoms with Crippen molar-refractivity contribution < 1.29 is 4.79 Å². The maximum atomic E-state index is 12.5. The molecule has 0 aliphatic carbocycles. The summed E-state index contributed by atoms with van der Waals surface area (Å²) in [4.78, 5) is 26.2. The molecule has 126 valence electrons. The van der Waals surface area contributed by atoms with E-state index < -0.39 is 0 Å². The van der Waals surface area contributed by atoms with Crippen molar-refractivity contribution in [2.75, 3.05) is 7.05 Å². The lowest BCUT2D eigenvalue weighted by molar-refractivity contribution is -0.131. The molecule has 0 aliphatic rings. The first-order valence-corrected chi connectivity index (χ1v) is 8.01. The molecule has 7 nitrogen and oxygen atoms in total. The summed E-state index contributed by atoms with van der Waals surface area (Å²) in [5.41, 5.74) is 1.89. The fourth-order valence-electron chi connectivity index (χ4n) is 2.84. The van der Waals surface area contributed by atoms with E-state index in [4.69, 9.17) is 0 Å². The van der Waals surface area contributed by atoms with Gasteiger partial charge in [-0.25, -0.2) is 14.6 Å².